The fourth-order valence-corrected chi connectivity index (χ4v) is 6.42. The van der Waals surface area contributed by atoms with E-state index in [1.54, 1.807) is 0 Å². The molecule has 124 valence electrons. The van der Waals surface area contributed by atoms with Crippen molar-refractivity contribution in [1.29, 1.82) is 0 Å². The van der Waals surface area contributed by atoms with Gasteiger partial charge in [-0.25, -0.2) is 0 Å². The summed E-state index contributed by atoms with van der Waals surface area (Å²) in [6, 6.07) is 5.91. The number of aromatic hydroxyl groups is 1. The smallest absolute Gasteiger partial charge is 0.115 e. The largest absolute Gasteiger partial charge is 0.508 e. The fourth-order valence-electron chi connectivity index (χ4n) is 6.42. The molecule has 4 rings (SSSR count). The average Bonchev–Trinajstić information content (AvgIpc) is 2.90. The molecule has 0 amide bonds. The first-order valence-corrected chi connectivity index (χ1v) is 9.19. The van der Waals surface area contributed by atoms with E-state index in [-0.39, 0.29) is 11.5 Å². The summed E-state index contributed by atoms with van der Waals surface area (Å²) in [5.41, 5.74) is 3.05. The second-order valence-electron chi connectivity index (χ2n) is 8.15. The highest BCUT2D eigenvalue weighted by molar-refractivity contribution is 5.46. The van der Waals surface area contributed by atoms with Crippen molar-refractivity contribution in [2.75, 3.05) is 0 Å². The molecule has 3 aliphatic rings. The third kappa shape index (κ3) is 1.97. The lowest BCUT2D eigenvalue weighted by atomic mass is 9.48. The Morgan fingerprint density at radius 2 is 2.13 bits per heavy atom. The SMILES string of the molecule is C=C[C@]12CC[C@]3(CC)CC(O)C[C@H]3[C@@H]1CCc1cc(O)ccc12. The Morgan fingerprint density at radius 3 is 2.87 bits per heavy atom. The number of aliphatic hydroxyl groups excluding tert-OH is 1. The van der Waals surface area contributed by atoms with Crippen molar-refractivity contribution >= 4 is 0 Å². The van der Waals surface area contributed by atoms with E-state index in [2.05, 4.69) is 25.6 Å². The molecule has 0 aromatic heterocycles. The van der Waals surface area contributed by atoms with E-state index in [1.165, 1.54) is 24.0 Å². The van der Waals surface area contributed by atoms with Crippen LogP contribution in [-0.4, -0.2) is 16.3 Å². The van der Waals surface area contributed by atoms with Crippen molar-refractivity contribution in [2.24, 2.45) is 17.3 Å². The van der Waals surface area contributed by atoms with Gasteiger partial charge in [-0.3, -0.25) is 0 Å². The first kappa shape index (κ1) is 15.3. The number of rotatable bonds is 2. The van der Waals surface area contributed by atoms with Gasteiger partial charge in [0.15, 0.2) is 0 Å². The fraction of sp³-hybridized carbons (Fsp3) is 0.619. The highest BCUT2D eigenvalue weighted by Crippen LogP contribution is 2.64. The molecular weight excluding hydrogens is 284 g/mol. The van der Waals surface area contributed by atoms with Crippen LogP contribution in [0.3, 0.4) is 0 Å². The first-order valence-electron chi connectivity index (χ1n) is 9.19. The van der Waals surface area contributed by atoms with Crippen LogP contribution < -0.4 is 0 Å². The lowest BCUT2D eigenvalue weighted by Gasteiger charge is -2.56. The minimum Gasteiger partial charge on any atom is -0.508 e. The number of aryl methyl sites for hydroxylation is 1. The maximum absolute atomic E-state index is 10.4. The summed E-state index contributed by atoms with van der Waals surface area (Å²) in [4.78, 5) is 0. The molecule has 1 aromatic carbocycles. The highest BCUT2D eigenvalue weighted by Gasteiger charge is 2.58. The van der Waals surface area contributed by atoms with Crippen molar-refractivity contribution in [1.82, 2.24) is 0 Å². The number of benzene rings is 1. The number of fused-ring (bicyclic) bond motifs is 5. The number of phenolic OH excluding ortho intramolecular Hbond substituents is 1. The van der Waals surface area contributed by atoms with E-state index in [1.807, 2.05) is 12.1 Å². The van der Waals surface area contributed by atoms with Crippen LogP contribution in [0.15, 0.2) is 30.9 Å². The Hall–Kier alpha value is -1.28. The molecule has 23 heavy (non-hydrogen) atoms. The summed E-state index contributed by atoms with van der Waals surface area (Å²) in [5, 5.41) is 20.2. The number of allylic oxidation sites excluding steroid dienone is 1. The monoisotopic (exact) mass is 312 g/mol. The van der Waals surface area contributed by atoms with Crippen LogP contribution in [0.2, 0.25) is 0 Å². The number of hydrogen-bond donors (Lipinski definition) is 2. The summed E-state index contributed by atoms with van der Waals surface area (Å²) in [6.45, 7) is 6.54. The summed E-state index contributed by atoms with van der Waals surface area (Å²) in [5.74, 6) is 1.57. The molecule has 0 spiro atoms. The normalized spacial score (nSPS) is 41.7. The van der Waals surface area contributed by atoms with E-state index in [4.69, 9.17) is 0 Å². The Balaban J connectivity index is 1.82. The Morgan fingerprint density at radius 1 is 1.30 bits per heavy atom. The maximum atomic E-state index is 10.4. The number of hydrogen-bond acceptors (Lipinski definition) is 2. The van der Waals surface area contributed by atoms with Gasteiger partial charge >= 0.3 is 0 Å². The van der Waals surface area contributed by atoms with E-state index in [9.17, 15) is 10.2 Å². The molecule has 0 heterocycles. The molecule has 2 saturated carbocycles. The van der Waals surface area contributed by atoms with Gasteiger partial charge in [0.05, 0.1) is 6.10 Å². The lowest BCUT2D eigenvalue weighted by molar-refractivity contribution is 0.0116. The van der Waals surface area contributed by atoms with Crippen molar-refractivity contribution in [3.8, 4) is 5.75 Å². The molecular formula is C21H28O2. The van der Waals surface area contributed by atoms with Gasteiger partial charge < -0.3 is 10.2 Å². The zero-order valence-corrected chi connectivity index (χ0v) is 14.1. The molecule has 0 radical (unpaired) electrons. The predicted octanol–water partition coefficient (Wildman–Crippen LogP) is 4.34. The molecule has 0 aliphatic heterocycles. The zero-order valence-electron chi connectivity index (χ0n) is 14.1. The third-order valence-electron chi connectivity index (χ3n) is 7.52. The summed E-state index contributed by atoms with van der Waals surface area (Å²) < 4.78 is 0. The molecule has 1 unspecified atom stereocenters. The van der Waals surface area contributed by atoms with Crippen LogP contribution in [0.1, 0.15) is 56.6 Å². The van der Waals surface area contributed by atoms with Gasteiger partial charge in [-0.2, -0.15) is 0 Å². The van der Waals surface area contributed by atoms with Crippen LogP contribution in [0.5, 0.6) is 5.75 Å². The van der Waals surface area contributed by atoms with E-state index >= 15 is 0 Å². The van der Waals surface area contributed by atoms with E-state index in [0.29, 0.717) is 23.0 Å². The third-order valence-corrected chi connectivity index (χ3v) is 7.52. The summed E-state index contributed by atoms with van der Waals surface area (Å²) in [6.07, 6.45) is 9.71. The molecule has 3 aliphatic carbocycles. The summed E-state index contributed by atoms with van der Waals surface area (Å²) >= 11 is 0. The molecule has 2 heteroatoms. The van der Waals surface area contributed by atoms with Gasteiger partial charge in [-0.1, -0.05) is 25.5 Å². The van der Waals surface area contributed by atoms with Crippen molar-refractivity contribution in [3.05, 3.63) is 42.0 Å². The van der Waals surface area contributed by atoms with Gasteiger partial charge in [-0.05, 0) is 79.0 Å². The van der Waals surface area contributed by atoms with Crippen LogP contribution >= 0.6 is 0 Å². The van der Waals surface area contributed by atoms with Crippen LogP contribution in [-0.2, 0) is 11.8 Å². The highest BCUT2D eigenvalue weighted by atomic mass is 16.3. The predicted molar refractivity (Wildman–Crippen MR) is 92.5 cm³/mol. The molecule has 0 saturated heterocycles. The number of aliphatic hydroxyl groups is 1. The van der Waals surface area contributed by atoms with Crippen LogP contribution in [0.25, 0.3) is 0 Å². The van der Waals surface area contributed by atoms with Crippen molar-refractivity contribution in [3.63, 3.8) is 0 Å². The average molecular weight is 312 g/mol. The van der Waals surface area contributed by atoms with Gasteiger partial charge in [-0.15, -0.1) is 6.58 Å². The molecule has 2 nitrogen and oxygen atoms in total. The van der Waals surface area contributed by atoms with Gasteiger partial charge in [0.1, 0.15) is 5.75 Å². The Kier molecular flexibility index (Phi) is 3.39. The van der Waals surface area contributed by atoms with Crippen LogP contribution in [0, 0.1) is 17.3 Å². The first-order chi connectivity index (χ1) is 11.0. The molecule has 2 fully saturated rings. The second kappa shape index (κ2) is 5.11. The van der Waals surface area contributed by atoms with E-state index < -0.39 is 0 Å². The van der Waals surface area contributed by atoms with Gasteiger partial charge in [0.2, 0.25) is 0 Å². The standard InChI is InChI=1S/C21H28O2/c1-3-20-9-10-21(4-2)17-8-6-15(22)11-14(17)5-7-18(21)19(20)12-16(23)13-20/h4,6,8,11,16,18-19,22-23H,2-3,5,7,9-10,12-13H2,1H3/t16?,18-,19-,20+,21+/m0/s1. The second-order valence-corrected chi connectivity index (χ2v) is 8.15. The zero-order chi connectivity index (χ0) is 16.2. The number of phenols is 1. The quantitative estimate of drug-likeness (QED) is 0.798. The van der Waals surface area contributed by atoms with Crippen molar-refractivity contribution < 1.29 is 10.2 Å². The molecule has 5 atom stereocenters. The minimum atomic E-state index is -0.123. The minimum absolute atomic E-state index is 0.0364. The lowest BCUT2D eigenvalue weighted by Crippen LogP contribution is -2.50. The topological polar surface area (TPSA) is 40.5 Å². The Bertz CT molecular complexity index is 637. The van der Waals surface area contributed by atoms with Gasteiger partial charge in [0.25, 0.3) is 0 Å². The summed E-state index contributed by atoms with van der Waals surface area (Å²) in [7, 11) is 0. The van der Waals surface area contributed by atoms with Crippen LogP contribution in [0.4, 0.5) is 0 Å². The van der Waals surface area contributed by atoms with E-state index in [0.717, 1.165) is 32.1 Å². The molecule has 1 aromatic rings. The molecule has 0 bridgehead atoms. The maximum Gasteiger partial charge on any atom is 0.115 e. The Labute approximate surface area is 139 Å². The molecule has 2 N–H and O–H groups in total. The van der Waals surface area contributed by atoms with Gasteiger partial charge in [0, 0.05) is 5.41 Å². The van der Waals surface area contributed by atoms with Crippen molar-refractivity contribution in [2.45, 2.75) is 63.4 Å².